The summed E-state index contributed by atoms with van der Waals surface area (Å²) in [7, 11) is 1.85. The number of ether oxygens (including phenoxy) is 1. The van der Waals surface area contributed by atoms with E-state index in [2.05, 4.69) is 24.3 Å². The second-order valence-corrected chi connectivity index (χ2v) is 7.81. The zero-order valence-electron chi connectivity index (χ0n) is 16.5. The topological polar surface area (TPSA) is 29.5 Å². The predicted molar refractivity (Wildman–Crippen MR) is 120 cm³/mol. The summed E-state index contributed by atoms with van der Waals surface area (Å²) in [5.41, 5.74) is 2.84. The van der Waals surface area contributed by atoms with Crippen molar-refractivity contribution in [3.05, 3.63) is 113 Å². The summed E-state index contributed by atoms with van der Waals surface area (Å²) in [4.78, 5) is 15.8. The van der Waals surface area contributed by atoms with E-state index in [1.54, 1.807) is 4.90 Å². The van der Waals surface area contributed by atoms with Crippen molar-refractivity contribution in [3.8, 4) is 5.75 Å². The minimum atomic E-state index is -0.989. The van der Waals surface area contributed by atoms with E-state index < -0.39 is 5.41 Å². The smallest absolute Gasteiger partial charge is 0.249 e. The highest BCUT2D eigenvalue weighted by Gasteiger charge is 2.60. The van der Waals surface area contributed by atoms with Crippen molar-refractivity contribution in [2.24, 2.45) is 0 Å². The molecule has 0 bridgehead atoms. The quantitative estimate of drug-likeness (QED) is 0.428. The molecule has 0 saturated heterocycles. The molecule has 0 fully saturated rings. The van der Waals surface area contributed by atoms with Crippen molar-refractivity contribution in [2.75, 3.05) is 11.9 Å². The van der Waals surface area contributed by atoms with Gasteiger partial charge < -0.3 is 9.64 Å². The number of hydrogen-bond donors (Lipinski definition) is 0. The molecule has 6 rings (SSSR count). The fourth-order valence-corrected chi connectivity index (χ4v) is 4.92. The van der Waals surface area contributed by atoms with E-state index in [0.29, 0.717) is 5.76 Å². The number of likely N-dealkylation sites (N-methyl/N-ethyl adjacent to an activating group) is 1. The number of hydrogen-bond acceptors (Lipinski definition) is 2. The number of carbonyl (C=O) groups excluding carboxylic acids is 1. The van der Waals surface area contributed by atoms with Crippen molar-refractivity contribution >= 4 is 28.4 Å². The van der Waals surface area contributed by atoms with Crippen LogP contribution in [0.15, 0.2) is 96.8 Å². The zero-order valence-corrected chi connectivity index (χ0v) is 16.5. The molecule has 2 aliphatic heterocycles. The van der Waals surface area contributed by atoms with E-state index in [9.17, 15) is 4.79 Å². The maximum atomic E-state index is 14.0. The Kier molecular flexibility index (Phi) is 3.45. The maximum absolute atomic E-state index is 14.0. The van der Waals surface area contributed by atoms with E-state index in [1.165, 1.54) is 0 Å². The number of amides is 1. The van der Waals surface area contributed by atoms with Crippen LogP contribution in [-0.4, -0.2) is 13.0 Å². The third kappa shape index (κ3) is 2.07. The Morgan fingerprint density at radius 2 is 1.57 bits per heavy atom. The Hall–Kier alpha value is -3.85. The van der Waals surface area contributed by atoms with Crippen LogP contribution in [0.5, 0.6) is 5.75 Å². The Morgan fingerprint density at radius 1 is 0.833 bits per heavy atom. The first-order valence-corrected chi connectivity index (χ1v) is 10.1. The highest BCUT2D eigenvalue weighted by Crippen LogP contribution is 2.58. The SMILES string of the molecule is CN1C(=O)C2(/C(=C/c3ccccc3)Oc3ccc4ccccc4c32)c2ccccc21. The van der Waals surface area contributed by atoms with Crippen molar-refractivity contribution in [1.29, 1.82) is 0 Å². The molecule has 0 aliphatic carbocycles. The monoisotopic (exact) mass is 389 g/mol. The van der Waals surface area contributed by atoms with Gasteiger partial charge in [0.1, 0.15) is 11.5 Å². The number of nitrogens with zero attached hydrogens (tertiary/aromatic N) is 1. The van der Waals surface area contributed by atoms with Gasteiger partial charge in [-0.2, -0.15) is 0 Å². The Labute approximate surface area is 174 Å². The molecule has 2 aliphatic rings. The molecule has 1 amide bonds. The second-order valence-electron chi connectivity index (χ2n) is 7.81. The molecule has 0 aromatic heterocycles. The molecule has 1 spiro atoms. The molecule has 0 N–H and O–H groups in total. The Morgan fingerprint density at radius 3 is 2.43 bits per heavy atom. The molecular weight excluding hydrogens is 370 g/mol. The second kappa shape index (κ2) is 6.07. The molecule has 4 aromatic rings. The molecule has 0 saturated carbocycles. The van der Waals surface area contributed by atoms with Gasteiger partial charge in [0.2, 0.25) is 5.91 Å². The van der Waals surface area contributed by atoms with Crippen LogP contribution in [-0.2, 0) is 10.2 Å². The molecule has 30 heavy (non-hydrogen) atoms. The molecule has 3 nitrogen and oxygen atoms in total. The number of rotatable bonds is 1. The molecule has 0 radical (unpaired) electrons. The lowest BCUT2D eigenvalue weighted by Crippen LogP contribution is -2.39. The number of benzene rings is 4. The number of para-hydroxylation sites is 1. The van der Waals surface area contributed by atoms with Gasteiger partial charge in [0.25, 0.3) is 0 Å². The van der Waals surface area contributed by atoms with Gasteiger partial charge in [0, 0.05) is 23.9 Å². The van der Waals surface area contributed by atoms with Crippen LogP contribution in [0.4, 0.5) is 5.69 Å². The third-order valence-electron chi connectivity index (χ3n) is 6.25. The Bertz CT molecular complexity index is 1360. The van der Waals surface area contributed by atoms with Gasteiger partial charge in [-0.3, -0.25) is 4.79 Å². The van der Waals surface area contributed by atoms with E-state index in [1.807, 2.05) is 79.9 Å². The van der Waals surface area contributed by atoms with Gasteiger partial charge in [0.15, 0.2) is 5.41 Å². The van der Waals surface area contributed by atoms with Crippen molar-refractivity contribution in [2.45, 2.75) is 5.41 Å². The fraction of sp³-hybridized carbons (Fsp3) is 0.0741. The van der Waals surface area contributed by atoms with Gasteiger partial charge in [-0.15, -0.1) is 0 Å². The van der Waals surface area contributed by atoms with Crippen LogP contribution in [0, 0.1) is 0 Å². The molecule has 1 unspecified atom stereocenters. The molecule has 4 aromatic carbocycles. The van der Waals surface area contributed by atoms with Crippen molar-refractivity contribution in [3.63, 3.8) is 0 Å². The van der Waals surface area contributed by atoms with Gasteiger partial charge >= 0.3 is 0 Å². The standard InChI is InChI=1S/C27H19NO2/c1-28-22-14-8-7-13-21(22)27(26(28)29)24(17-18-9-3-2-4-10-18)30-23-16-15-19-11-5-6-12-20(19)25(23)27/h2-17H,1H3/b24-17-. The highest BCUT2D eigenvalue weighted by atomic mass is 16.5. The van der Waals surface area contributed by atoms with Crippen LogP contribution in [0.2, 0.25) is 0 Å². The lowest BCUT2D eigenvalue weighted by atomic mass is 9.73. The third-order valence-corrected chi connectivity index (χ3v) is 6.25. The molecule has 2 heterocycles. The molecule has 1 atom stereocenters. The maximum Gasteiger partial charge on any atom is 0.249 e. The fourth-order valence-electron chi connectivity index (χ4n) is 4.92. The van der Waals surface area contributed by atoms with E-state index in [4.69, 9.17) is 4.74 Å². The van der Waals surface area contributed by atoms with Crippen LogP contribution >= 0.6 is 0 Å². The average molecular weight is 389 g/mol. The molecule has 144 valence electrons. The Balaban J connectivity index is 1.75. The van der Waals surface area contributed by atoms with Gasteiger partial charge in [-0.05, 0) is 34.5 Å². The van der Waals surface area contributed by atoms with Gasteiger partial charge in [-0.25, -0.2) is 0 Å². The zero-order chi connectivity index (χ0) is 20.3. The normalized spacial score (nSPS) is 20.6. The van der Waals surface area contributed by atoms with E-state index in [-0.39, 0.29) is 5.91 Å². The summed E-state index contributed by atoms with van der Waals surface area (Å²) in [6.07, 6.45) is 2.00. The lowest BCUT2D eigenvalue weighted by Gasteiger charge is -2.24. The largest absolute Gasteiger partial charge is 0.459 e. The van der Waals surface area contributed by atoms with Crippen molar-refractivity contribution in [1.82, 2.24) is 0 Å². The molecular formula is C27H19NO2. The summed E-state index contributed by atoms with van der Waals surface area (Å²) in [5, 5.41) is 2.14. The van der Waals surface area contributed by atoms with Crippen LogP contribution in [0.3, 0.4) is 0 Å². The summed E-state index contributed by atoms with van der Waals surface area (Å²) < 4.78 is 6.45. The van der Waals surface area contributed by atoms with Crippen LogP contribution < -0.4 is 9.64 Å². The number of anilines is 1. The number of fused-ring (bicyclic) bond motifs is 6. The summed E-state index contributed by atoms with van der Waals surface area (Å²) >= 11 is 0. The van der Waals surface area contributed by atoms with Crippen LogP contribution in [0.25, 0.3) is 16.8 Å². The van der Waals surface area contributed by atoms with Crippen molar-refractivity contribution < 1.29 is 9.53 Å². The minimum absolute atomic E-state index is 0.0148. The first-order chi connectivity index (χ1) is 14.7. The summed E-state index contributed by atoms with van der Waals surface area (Å²) in [6, 6.07) is 30.3. The minimum Gasteiger partial charge on any atom is -0.459 e. The van der Waals surface area contributed by atoms with Gasteiger partial charge in [0.05, 0.1) is 0 Å². The summed E-state index contributed by atoms with van der Waals surface area (Å²) in [5.74, 6) is 1.41. The highest BCUT2D eigenvalue weighted by molar-refractivity contribution is 6.16. The van der Waals surface area contributed by atoms with Gasteiger partial charge in [-0.1, -0.05) is 78.9 Å². The summed E-state index contributed by atoms with van der Waals surface area (Å²) in [6.45, 7) is 0. The van der Waals surface area contributed by atoms with Crippen LogP contribution in [0.1, 0.15) is 16.7 Å². The lowest BCUT2D eigenvalue weighted by molar-refractivity contribution is -0.120. The average Bonchev–Trinajstić information content (AvgIpc) is 3.24. The van der Waals surface area contributed by atoms with E-state index in [0.717, 1.165) is 38.9 Å². The predicted octanol–water partition coefficient (Wildman–Crippen LogP) is 5.54. The number of carbonyl (C=O) groups is 1. The molecule has 3 heteroatoms. The van der Waals surface area contributed by atoms with E-state index >= 15 is 0 Å². The first-order valence-electron chi connectivity index (χ1n) is 10.1. The first kappa shape index (κ1) is 17.0.